The van der Waals surface area contributed by atoms with Gasteiger partial charge >= 0.3 is 39.5 Å². The minimum Gasteiger partial charge on any atom is -0.462 e. The van der Waals surface area contributed by atoms with Gasteiger partial charge in [-0.3, -0.25) is 37.3 Å². The minimum absolute atomic E-state index is 0.0746. The molecular formula is C81H142O17P2. The summed E-state index contributed by atoms with van der Waals surface area (Å²) in [4.78, 5) is 73.0. The average molecular weight is 1450 g/mol. The lowest BCUT2D eigenvalue weighted by molar-refractivity contribution is -0.161. The summed E-state index contributed by atoms with van der Waals surface area (Å²) in [5.41, 5.74) is 0. The molecule has 0 aliphatic rings. The summed E-state index contributed by atoms with van der Waals surface area (Å²) in [6, 6.07) is 0. The van der Waals surface area contributed by atoms with Crippen molar-refractivity contribution in [3.8, 4) is 0 Å². The van der Waals surface area contributed by atoms with Gasteiger partial charge in [0.1, 0.15) is 19.3 Å². The van der Waals surface area contributed by atoms with E-state index in [1.54, 1.807) is 0 Å². The number of unbranched alkanes of at least 4 members (excludes halogenated alkanes) is 32. The van der Waals surface area contributed by atoms with Crippen LogP contribution >= 0.6 is 15.6 Å². The van der Waals surface area contributed by atoms with Crippen molar-refractivity contribution in [3.05, 3.63) is 97.2 Å². The van der Waals surface area contributed by atoms with E-state index in [0.29, 0.717) is 25.7 Å². The lowest BCUT2D eigenvalue weighted by atomic mass is 10.1. The Morgan fingerprint density at radius 3 is 0.830 bits per heavy atom. The van der Waals surface area contributed by atoms with Gasteiger partial charge in [0.15, 0.2) is 12.2 Å². The first-order valence-corrected chi connectivity index (χ1v) is 42.5. The molecule has 0 rings (SSSR count). The highest BCUT2D eigenvalue weighted by Gasteiger charge is 2.30. The lowest BCUT2D eigenvalue weighted by Crippen LogP contribution is -2.30. The molecule has 0 aromatic heterocycles. The molecule has 19 heteroatoms. The van der Waals surface area contributed by atoms with Gasteiger partial charge in [-0.2, -0.15) is 0 Å². The monoisotopic (exact) mass is 1450 g/mol. The maximum Gasteiger partial charge on any atom is 0.472 e. The highest BCUT2D eigenvalue weighted by Crippen LogP contribution is 2.45. The molecule has 0 aliphatic carbocycles. The van der Waals surface area contributed by atoms with Crippen molar-refractivity contribution in [2.45, 2.75) is 354 Å². The summed E-state index contributed by atoms with van der Waals surface area (Å²) < 4.78 is 68.5. The summed E-state index contributed by atoms with van der Waals surface area (Å²) in [7, 11) is -9.96. The number of carbonyl (C=O) groups is 4. The van der Waals surface area contributed by atoms with Crippen LogP contribution in [-0.4, -0.2) is 96.7 Å². The fraction of sp³-hybridized carbons (Fsp3) is 0.753. The van der Waals surface area contributed by atoms with Gasteiger partial charge < -0.3 is 33.8 Å². The third-order valence-corrected chi connectivity index (χ3v) is 18.4. The first-order valence-electron chi connectivity index (χ1n) is 39.5. The van der Waals surface area contributed by atoms with Gasteiger partial charge in [0.25, 0.3) is 0 Å². The van der Waals surface area contributed by atoms with Crippen LogP contribution in [0.5, 0.6) is 0 Å². The van der Waals surface area contributed by atoms with Crippen LogP contribution in [0.3, 0.4) is 0 Å². The van der Waals surface area contributed by atoms with Crippen LogP contribution in [0, 0.1) is 0 Å². The Bertz CT molecular complexity index is 2270. The molecule has 0 aromatic rings. The van der Waals surface area contributed by atoms with E-state index in [1.807, 2.05) is 0 Å². The molecule has 0 heterocycles. The number of phosphoric ester groups is 2. The van der Waals surface area contributed by atoms with Crippen LogP contribution in [0.2, 0.25) is 0 Å². The van der Waals surface area contributed by atoms with Crippen molar-refractivity contribution >= 4 is 39.5 Å². The van der Waals surface area contributed by atoms with Crippen molar-refractivity contribution in [1.82, 2.24) is 0 Å². The Morgan fingerprint density at radius 1 is 0.290 bits per heavy atom. The summed E-state index contributed by atoms with van der Waals surface area (Å²) in [5.74, 6) is -2.22. The first-order chi connectivity index (χ1) is 48.7. The highest BCUT2D eigenvalue weighted by atomic mass is 31.2. The zero-order valence-corrected chi connectivity index (χ0v) is 64.9. The standard InChI is InChI=1S/C81H142O17P2/c1-5-9-13-17-21-25-29-33-37-41-45-49-53-57-61-65-78(83)91-71-76(97-80(85)67-63-59-55-51-47-43-39-35-31-27-23-19-15-11-7-3)73-95-99(87,88)93-69-75(82)70-94-100(89,90)96-74-77(98-81(86)68-64-60-56-52-48-44-40-36-32-28-24-20-16-12-8-4)72-92-79(84)66-62-58-54-50-46-42-38-34-30-26-22-18-14-10-6-2/h9,13,21-23,25-27,33-40,75-77,82H,5-8,10-12,14-20,24,28-32,41-74H2,1-4H3,(H,87,88)(H,89,90)/b13-9-,25-21-,26-22-,27-23-,37-33-,38-34-,39-35-,40-36-. The molecule has 0 fully saturated rings. The number of ether oxygens (including phenoxy) is 4. The van der Waals surface area contributed by atoms with Gasteiger partial charge in [-0.1, -0.05) is 260 Å². The lowest BCUT2D eigenvalue weighted by Gasteiger charge is -2.21. The number of aliphatic hydroxyl groups is 1. The van der Waals surface area contributed by atoms with Crippen molar-refractivity contribution < 1.29 is 80.2 Å². The number of hydrogen-bond acceptors (Lipinski definition) is 15. The summed E-state index contributed by atoms with van der Waals surface area (Å²) in [5, 5.41) is 10.6. The molecule has 100 heavy (non-hydrogen) atoms. The number of carbonyl (C=O) groups excluding carboxylic acids is 4. The van der Waals surface area contributed by atoms with E-state index in [4.69, 9.17) is 37.0 Å². The predicted molar refractivity (Wildman–Crippen MR) is 409 cm³/mol. The van der Waals surface area contributed by atoms with Crippen LogP contribution in [0.15, 0.2) is 97.2 Å². The van der Waals surface area contributed by atoms with Crippen molar-refractivity contribution in [3.63, 3.8) is 0 Å². The van der Waals surface area contributed by atoms with Crippen LogP contribution in [0.25, 0.3) is 0 Å². The maximum absolute atomic E-state index is 13.1. The number of rotatable bonds is 74. The van der Waals surface area contributed by atoms with Crippen LogP contribution in [-0.2, 0) is 65.4 Å². The second kappa shape index (κ2) is 73.3. The van der Waals surface area contributed by atoms with E-state index in [-0.39, 0.29) is 25.7 Å². The fourth-order valence-corrected chi connectivity index (χ4v) is 12.0. The highest BCUT2D eigenvalue weighted by molar-refractivity contribution is 7.47. The molecule has 0 aromatic carbocycles. The van der Waals surface area contributed by atoms with E-state index in [2.05, 4.69) is 125 Å². The Hall–Kier alpha value is -4.02. The molecular weight excluding hydrogens is 1310 g/mol. The number of allylic oxidation sites excluding steroid dienone is 16. The largest absolute Gasteiger partial charge is 0.472 e. The Balaban J connectivity index is 5.39. The zero-order chi connectivity index (χ0) is 73.2. The van der Waals surface area contributed by atoms with Crippen molar-refractivity contribution in [2.75, 3.05) is 39.6 Å². The maximum atomic E-state index is 13.1. The molecule has 0 spiro atoms. The average Bonchev–Trinajstić information content (AvgIpc) is 1.01. The molecule has 0 amide bonds. The van der Waals surface area contributed by atoms with E-state index in [9.17, 15) is 43.2 Å². The zero-order valence-electron chi connectivity index (χ0n) is 63.1. The van der Waals surface area contributed by atoms with Gasteiger partial charge in [0, 0.05) is 25.7 Å². The van der Waals surface area contributed by atoms with Crippen LogP contribution in [0.4, 0.5) is 0 Å². The Kier molecular flexibility index (Phi) is 70.4. The van der Waals surface area contributed by atoms with E-state index in [0.717, 1.165) is 180 Å². The molecule has 0 saturated carbocycles. The number of phosphoric acid groups is 2. The summed E-state index contributed by atoms with van der Waals surface area (Å²) >= 11 is 0. The Labute approximate surface area is 607 Å². The second-order valence-electron chi connectivity index (χ2n) is 26.3. The van der Waals surface area contributed by atoms with Crippen LogP contribution < -0.4 is 0 Å². The molecule has 17 nitrogen and oxygen atoms in total. The molecule has 0 radical (unpaired) electrons. The van der Waals surface area contributed by atoms with Crippen molar-refractivity contribution in [2.24, 2.45) is 0 Å². The summed E-state index contributed by atoms with van der Waals surface area (Å²) in [6.07, 6.45) is 76.7. The third kappa shape index (κ3) is 72.3. The van der Waals surface area contributed by atoms with Gasteiger partial charge in [-0.15, -0.1) is 0 Å². The van der Waals surface area contributed by atoms with E-state index >= 15 is 0 Å². The number of hydrogen-bond donors (Lipinski definition) is 3. The molecule has 0 saturated heterocycles. The normalized spacial score (nSPS) is 14.4. The quantitative estimate of drug-likeness (QED) is 0.0169. The minimum atomic E-state index is -4.98. The molecule has 0 bridgehead atoms. The fourth-order valence-electron chi connectivity index (χ4n) is 10.5. The summed E-state index contributed by atoms with van der Waals surface area (Å²) in [6.45, 7) is 4.68. The molecule has 5 unspecified atom stereocenters. The predicted octanol–water partition coefficient (Wildman–Crippen LogP) is 22.8. The third-order valence-electron chi connectivity index (χ3n) is 16.5. The molecule has 3 N–H and O–H groups in total. The van der Waals surface area contributed by atoms with Gasteiger partial charge in [-0.25, -0.2) is 9.13 Å². The second-order valence-corrected chi connectivity index (χ2v) is 29.2. The van der Waals surface area contributed by atoms with Gasteiger partial charge in [0.05, 0.1) is 26.4 Å². The van der Waals surface area contributed by atoms with Gasteiger partial charge in [-0.05, 0) is 148 Å². The Morgan fingerprint density at radius 2 is 0.520 bits per heavy atom. The molecule has 5 atom stereocenters. The number of esters is 4. The topological polar surface area (TPSA) is 237 Å². The molecule has 0 aliphatic heterocycles. The molecule has 578 valence electrons. The SMILES string of the molecule is CC/C=C\C/C=C\C/C=C\CCCCCCCC(=O)OCC(COP(=O)(O)OCC(O)COP(=O)(O)OCC(COC(=O)CCCCCCC/C=C\C/C=C\CCCCC)OC(=O)CCCCCCC/C=C\CCCCCCCC)OC(=O)CCCCCCC/C=C\C/C=C\CCCCC. The first kappa shape index (κ1) is 96.0. The van der Waals surface area contributed by atoms with Crippen molar-refractivity contribution in [1.29, 1.82) is 0 Å². The van der Waals surface area contributed by atoms with E-state index in [1.165, 1.54) is 77.0 Å². The number of aliphatic hydroxyl groups excluding tert-OH is 1. The van der Waals surface area contributed by atoms with E-state index < -0.39 is 97.5 Å². The van der Waals surface area contributed by atoms with Gasteiger partial charge in [0.2, 0.25) is 0 Å². The smallest absolute Gasteiger partial charge is 0.462 e. The van der Waals surface area contributed by atoms with Crippen LogP contribution in [0.1, 0.15) is 336 Å².